The Kier molecular flexibility index (Phi) is 2.92. The molecule has 2 fully saturated rings. The number of rotatable bonds is 2. The molecule has 0 amide bonds. The van der Waals surface area contributed by atoms with E-state index in [4.69, 9.17) is 0 Å². The average Bonchev–Trinajstić information content (AvgIpc) is 2.59. The van der Waals surface area contributed by atoms with Gasteiger partial charge in [-0.1, -0.05) is 19.8 Å². The molecule has 0 heterocycles. The fourth-order valence-corrected chi connectivity index (χ4v) is 3.58. The third-order valence-corrected chi connectivity index (χ3v) is 4.46. The molecule has 1 N–H and O–H groups in total. The van der Waals surface area contributed by atoms with Crippen molar-refractivity contribution in [2.75, 3.05) is 7.05 Å². The molecule has 1 heteroatoms. The topological polar surface area (TPSA) is 12.0 Å². The van der Waals surface area contributed by atoms with Crippen LogP contribution >= 0.6 is 0 Å². The van der Waals surface area contributed by atoms with Crippen LogP contribution < -0.4 is 5.32 Å². The normalized spacial score (nSPS) is 44.8. The summed E-state index contributed by atoms with van der Waals surface area (Å²) in [6.07, 6.45) is 8.85. The number of hydrogen-bond acceptors (Lipinski definition) is 1. The summed E-state index contributed by atoms with van der Waals surface area (Å²) in [6, 6.07) is 0.850. The summed E-state index contributed by atoms with van der Waals surface area (Å²) < 4.78 is 0. The Labute approximate surface area is 82.3 Å². The quantitative estimate of drug-likeness (QED) is 0.690. The van der Waals surface area contributed by atoms with E-state index in [9.17, 15) is 0 Å². The highest BCUT2D eigenvalue weighted by molar-refractivity contribution is 4.92. The molecule has 4 atom stereocenters. The van der Waals surface area contributed by atoms with E-state index < -0.39 is 0 Å². The number of nitrogens with one attached hydrogen (secondary N) is 1. The molecule has 2 aliphatic rings. The molecule has 0 aromatic heterocycles. The van der Waals surface area contributed by atoms with Crippen LogP contribution in [-0.2, 0) is 0 Å². The van der Waals surface area contributed by atoms with Crippen molar-refractivity contribution < 1.29 is 0 Å². The summed E-state index contributed by atoms with van der Waals surface area (Å²) >= 11 is 0. The van der Waals surface area contributed by atoms with Crippen LogP contribution in [0, 0.1) is 17.8 Å². The van der Waals surface area contributed by atoms with Crippen LogP contribution in [-0.4, -0.2) is 13.1 Å². The first kappa shape index (κ1) is 9.51. The van der Waals surface area contributed by atoms with Gasteiger partial charge in [-0.25, -0.2) is 0 Å². The maximum absolute atomic E-state index is 3.50. The van der Waals surface area contributed by atoms with E-state index in [0.29, 0.717) is 0 Å². The Morgan fingerprint density at radius 1 is 1.15 bits per heavy atom. The minimum Gasteiger partial charge on any atom is -0.317 e. The van der Waals surface area contributed by atoms with Crippen molar-refractivity contribution in [1.29, 1.82) is 0 Å². The van der Waals surface area contributed by atoms with Gasteiger partial charge in [-0.15, -0.1) is 0 Å². The van der Waals surface area contributed by atoms with Gasteiger partial charge in [0.05, 0.1) is 0 Å². The highest BCUT2D eigenvalue weighted by Crippen LogP contribution is 2.44. The standard InChI is InChI=1S/C12H23N/c1-3-9-4-6-11-10(8-9)5-7-12(11)13-2/h9-13H,3-8H2,1-2H3. The molecule has 76 valence electrons. The third-order valence-electron chi connectivity index (χ3n) is 4.46. The molecule has 0 bridgehead atoms. The molecule has 0 saturated heterocycles. The number of fused-ring (bicyclic) bond motifs is 1. The molecular formula is C12H23N. The molecule has 0 radical (unpaired) electrons. The molecular weight excluding hydrogens is 158 g/mol. The fourth-order valence-electron chi connectivity index (χ4n) is 3.58. The molecule has 0 aromatic rings. The van der Waals surface area contributed by atoms with Gasteiger partial charge in [0.15, 0.2) is 0 Å². The van der Waals surface area contributed by atoms with Crippen LogP contribution in [0.2, 0.25) is 0 Å². The lowest BCUT2D eigenvalue weighted by Gasteiger charge is -2.33. The average molecular weight is 181 g/mol. The molecule has 13 heavy (non-hydrogen) atoms. The van der Waals surface area contributed by atoms with Crippen molar-refractivity contribution >= 4 is 0 Å². The van der Waals surface area contributed by atoms with Crippen molar-refractivity contribution in [3.8, 4) is 0 Å². The highest BCUT2D eigenvalue weighted by Gasteiger charge is 2.38. The fraction of sp³-hybridized carbons (Fsp3) is 1.00. The van der Waals surface area contributed by atoms with Gasteiger partial charge in [-0.2, -0.15) is 0 Å². The van der Waals surface area contributed by atoms with E-state index in [1.165, 1.54) is 38.5 Å². The molecule has 0 aliphatic heterocycles. The highest BCUT2D eigenvalue weighted by atomic mass is 14.9. The largest absolute Gasteiger partial charge is 0.317 e. The molecule has 2 aliphatic carbocycles. The summed E-state index contributed by atoms with van der Waals surface area (Å²) in [5, 5.41) is 3.50. The van der Waals surface area contributed by atoms with Gasteiger partial charge in [0.25, 0.3) is 0 Å². The predicted octanol–water partition coefficient (Wildman–Crippen LogP) is 2.81. The number of hydrogen-bond donors (Lipinski definition) is 1. The van der Waals surface area contributed by atoms with Gasteiger partial charge >= 0.3 is 0 Å². The van der Waals surface area contributed by atoms with Crippen LogP contribution in [0.15, 0.2) is 0 Å². The molecule has 0 spiro atoms. The first-order chi connectivity index (χ1) is 6.35. The smallest absolute Gasteiger partial charge is 0.00950 e. The van der Waals surface area contributed by atoms with Crippen LogP contribution in [0.1, 0.15) is 45.4 Å². The van der Waals surface area contributed by atoms with Gasteiger partial charge in [-0.3, -0.25) is 0 Å². The van der Waals surface area contributed by atoms with Gasteiger partial charge in [0.1, 0.15) is 0 Å². The molecule has 1 nitrogen and oxygen atoms in total. The Morgan fingerprint density at radius 3 is 2.69 bits per heavy atom. The minimum atomic E-state index is 0.850. The monoisotopic (exact) mass is 181 g/mol. The zero-order valence-corrected chi connectivity index (χ0v) is 9.05. The zero-order valence-electron chi connectivity index (χ0n) is 9.05. The first-order valence-corrected chi connectivity index (χ1v) is 6.02. The summed E-state index contributed by atoms with van der Waals surface area (Å²) in [5.74, 6) is 3.14. The van der Waals surface area contributed by atoms with Gasteiger partial charge in [-0.05, 0) is 50.5 Å². The SMILES string of the molecule is CCC1CCC2C(CCC2NC)C1. The van der Waals surface area contributed by atoms with E-state index in [1.54, 1.807) is 0 Å². The predicted molar refractivity (Wildman–Crippen MR) is 56.7 cm³/mol. The lowest BCUT2D eigenvalue weighted by atomic mass is 9.74. The summed E-state index contributed by atoms with van der Waals surface area (Å²) in [5.41, 5.74) is 0. The van der Waals surface area contributed by atoms with Crippen LogP contribution in [0.4, 0.5) is 0 Å². The lowest BCUT2D eigenvalue weighted by molar-refractivity contribution is 0.186. The minimum absolute atomic E-state index is 0.850. The maximum Gasteiger partial charge on any atom is 0.00950 e. The molecule has 2 saturated carbocycles. The Balaban J connectivity index is 1.94. The third kappa shape index (κ3) is 1.76. The van der Waals surface area contributed by atoms with E-state index in [-0.39, 0.29) is 0 Å². The second-order valence-corrected chi connectivity index (χ2v) is 4.98. The van der Waals surface area contributed by atoms with Gasteiger partial charge in [0, 0.05) is 6.04 Å². The Hall–Kier alpha value is -0.0400. The zero-order chi connectivity index (χ0) is 9.26. The molecule has 2 rings (SSSR count). The van der Waals surface area contributed by atoms with Gasteiger partial charge in [0.2, 0.25) is 0 Å². The second-order valence-electron chi connectivity index (χ2n) is 4.98. The van der Waals surface area contributed by atoms with Crippen molar-refractivity contribution in [2.45, 2.75) is 51.5 Å². The van der Waals surface area contributed by atoms with Crippen molar-refractivity contribution in [2.24, 2.45) is 17.8 Å². The first-order valence-electron chi connectivity index (χ1n) is 6.02. The van der Waals surface area contributed by atoms with E-state index in [0.717, 1.165) is 23.8 Å². The molecule has 4 unspecified atom stereocenters. The maximum atomic E-state index is 3.50. The van der Waals surface area contributed by atoms with E-state index in [2.05, 4.69) is 19.3 Å². The summed E-state index contributed by atoms with van der Waals surface area (Å²) in [6.45, 7) is 2.36. The van der Waals surface area contributed by atoms with Crippen molar-refractivity contribution in [3.05, 3.63) is 0 Å². The van der Waals surface area contributed by atoms with Crippen LogP contribution in [0.25, 0.3) is 0 Å². The lowest BCUT2D eigenvalue weighted by Crippen LogP contribution is -2.34. The second kappa shape index (κ2) is 4.00. The summed E-state index contributed by atoms with van der Waals surface area (Å²) in [7, 11) is 2.14. The van der Waals surface area contributed by atoms with Crippen LogP contribution in [0.3, 0.4) is 0 Å². The summed E-state index contributed by atoms with van der Waals surface area (Å²) in [4.78, 5) is 0. The van der Waals surface area contributed by atoms with E-state index >= 15 is 0 Å². The Morgan fingerprint density at radius 2 is 2.00 bits per heavy atom. The van der Waals surface area contributed by atoms with Crippen molar-refractivity contribution in [3.63, 3.8) is 0 Å². The molecule has 0 aromatic carbocycles. The van der Waals surface area contributed by atoms with Crippen molar-refractivity contribution in [1.82, 2.24) is 5.32 Å². The Bertz CT molecular complexity index is 167. The van der Waals surface area contributed by atoms with E-state index in [1.807, 2.05) is 0 Å². The van der Waals surface area contributed by atoms with Gasteiger partial charge < -0.3 is 5.32 Å². The van der Waals surface area contributed by atoms with Crippen LogP contribution in [0.5, 0.6) is 0 Å².